The van der Waals surface area contributed by atoms with Crippen molar-refractivity contribution in [3.63, 3.8) is 0 Å². The van der Waals surface area contributed by atoms with Crippen molar-refractivity contribution >= 4 is 11.6 Å². The molecule has 4 heteroatoms. The zero-order valence-corrected chi connectivity index (χ0v) is 11.4. The molecule has 0 bridgehead atoms. The molecule has 1 aliphatic rings. The van der Waals surface area contributed by atoms with E-state index >= 15 is 0 Å². The summed E-state index contributed by atoms with van der Waals surface area (Å²) in [7, 11) is 1.81. The van der Waals surface area contributed by atoms with Crippen LogP contribution in [0.2, 0.25) is 5.15 Å². The van der Waals surface area contributed by atoms with Crippen LogP contribution in [0, 0.1) is 12.8 Å². The molecule has 1 heterocycles. The maximum Gasteiger partial charge on any atom is 0.132 e. The second kappa shape index (κ2) is 5.40. The third-order valence-electron chi connectivity index (χ3n) is 3.81. The molecule has 96 valence electrons. The maximum atomic E-state index is 10.3. The van der Waals surface area contributed by atoms with Gasteiger partial charge in [0.2, 0.25) is 0 Å². The maximum absolute atomic E-state index is 10.3. The number of aromatic nitrogens is 2. The first-order chi connectivity index (χ1) is 8.09. The molecular weight excluding hydrogens is 236 g/mol. The molecule has 0 aliphatic heterocycles. The number of aryl methyl sites for hydroxylation is 2. The van der Waals surface area contributed by atoms with Crippen LogP contribution in [0.3, 0.4) is 0 Å². The lowest BCUT2D eigenvalue weighted by Crippen LogP contribution is -2.11. The van der Waals surface area contributed by atoms with Crippen molar-refractivity contribution in [3.8, 4) is 0 Å². The molecule has 2 rings (SSSR count). The fourth-order valence-corrected chi connectivity index (χ4v) is 3.18. The van der Waals surface area contributed by atoms with Crippen LogP contribution in [-0.4, -0.2) is 14.9 Å². The summed E-state index contributed by atoms with van der Waals surface area (Å²) in [5.74, 6) is 0.648. The van der Waals surface area contributed by atoms with Crippen LogP contribution in [0.25, 0.3) is 0 Å². The average molecular weight is 257 g/mol. The van der Waals surface area contributed by atoms with E-state index in [9.17, 15) is 5.11 Å². The van der Waals surface area contributed by atoms with Crippen molar-refractivity contribution in [3.05, 3.63) is 16.4 Å². The summed E-state index contributed by atoms with van der Waals surface area (Å²) >= 11 is 6.17. The van der Waals surface area contributed by atoms with Crippen LogP contribution in [0.5, 0.6) is 0 Å². The molecule has 0 amide bonds. The van der Waals surface area contributed by atoms with Gasteiger partial charge in [0.05, 0.1) is 11.8 Å². The van der Waals surface area contributed by atoms with Crippen molar-refractivity contribution < 1.29 is 5.11 Å². The van der Waals surface area contributed by atoms with Crippen molar-refractivity contribution in [2.75, 3.05) is 0 Å². The SMILES string of the molecule is Cc1nn(C)c(Cl)c1C(O)CC1CCCCC1. The molecule has 0 saturated heterocycles. The average Bonchev–Trinajstić information content (AvgIpc) is 2.54. The molecule has 1 aromatic rings. The van der Waals surface area contributed by atoms with Crippen LogP contribution in [-0.2, 0) is 7.05 Å². The number of halogens is 1. The van der Waals surface area contributed by atoms with Gasteiger partial charge in [0, 0.05) is 12.6 Å². The number of aliphatic hydroxyl groups is 1. The number of aliphatic hydroxyl groups excluding tert-OH is 1. The Labute approximate surface area is 108 Å². The van der Waals surface area contributed by atoms with Gasteiger partial charge in [-0.3, -0.25) is 4.68 Å². The quantitative estimate of drug-likeness (QED) is 0.900. The molecule has 1 N–H and O–H groups in total. The molecule has 1 fully saturated rings. The molecule has 1 saturated carbocycles. The van der Waals surface area contributed by atoms with Gasteiger partial charge < -0.3 is 5.11 Å². The molecule has 1 aromatic heterocycles. The fraction of sp³-hybridized carbons (Fsp3) is 0.769. The highest BCUT2D eigenvalue weighted by molar-refractivity contribution is 6.30. The molecule has 1 unspecified atom stereocenters. The monoisotopic (exact) mass is 256 g/mol. The van der Waals surface area contributed by atoms with Crippen molar-refractivity contribution in [2.24, 2.45) is 13.0 Å². The van der Waals surface area contributed by atoms with Gasteiger partial charge in [0.15, 0.2) is 0 Å². The Balaban J connectivity index is 2.05. The van der Waals surface area contributed by atoms with E-state index in [1.54, 1.807) is 4.68 Å². The minimum atomic E-state index is -0.459. The highest BCUT2D eigenvalue weighted by Gasteiger charge is 2.23. The highest BCUT2D eigenvalue weighted by Crippen LogP contribution is 2.35. The van der Waals surface area contributed by atoms with E-state index < -0.39 is 6.10 Å². The molecule has 0 spiro atoms. The summed E-state index contributed by atoms with van der Waals surface area (Å²) in [5, 5.41) is 15.1. The van der Waals surface area contributed by atoms with Crippen LogP contribution in [0.1, 0.15) is 55.9 Å². The van der Waals surface area contributed by atoms with Gasteiger partial charge >= 0.3 is 0 Å². The van der Waals surface area contributed by atoms with E-state index in [1.807, 2.05) is 14.0 Å². The van der Waals surface area contributed by atoms with Gasteiger partial charge in [-0.2, -0.15) is 5.10 Å². The lowest BCUT2D eigenvalue weighted by Gasteiger charge is -2.24. The van der Waals surface area contributed by atoms with E-state index in [4.69, 9.17) is 11.6 Å². The highest BCUT2D eigenvalue weighted by atomic mass is 35.5. The largest absolute Gasteiger partial charge is 0.388 e. The zero-order valence-electron chi connectivity index (χ0n) is 10.6. The van der Waals surface area contributed by atoms with E-state index in [2.05, 4.69) is 5.10 Å². The summed E-state index contributed by atoms with van der Waals surface area (Å²) in [6, 6.07) is 0. The summed E-state index contributed by atoms with van der Waals surface area (Å²) in [5.41, 5.74) is 1.67. The Bertz CT molecular complexity index is 383. The molecule has 1 atom stereocenters. The number of hydrogen-bond acceptors (Lipinski definition) is 2. The molecule has 3 nitrogen and oxygen atoms in total. The summed E-state index contributed by atoms with van der Waals surface area (Å²) in [6.07, 6.45) is 6.81. The first kappa shape index (κ1) is 12.9. The second-order valence-electron chi connectivity index (χ2n) is 5.17. The molecule has 17 heavy (non-hydrogen) atoms. The number of nitrogens with zero attached hydrogens (tertiary/aromatic N) is 2. The lowest BCUT2D eigenvalue weighted by atomic mass is 9.84. The predicted molar refractivity (Wildman–Crippen MR) is 69.1 cm³/mol. The van der Waals surface area contributed by atoms with E-state index in [0.717, 1.165) is 17.7 Å². The third-order valence-corrected chi connectivity index (χ3v) is 4.26. The summed E-state index contributed by atoms with van der Waals surface area (Å²) < 4.78 is 1.64. The first-order valence-electron chi connectivity index (χ1n) is 6.46. The standard InChI is InChI=1S/C13H21ClN2O/c1-9-12(13(14)16(2)15-9)11(17)8-10-6-4-3-5-7-10/h10-11,17H,3-8H2,1-2H3. The van der Waals surface area contributed by atoms with Gasteiger partial charge in [-0.05, 0) is 19.3 Å². The summed E-state index contributed by atoms with van der Waals surface area (Å²) in [6.45, 7) is 1.91. The van der Waals surface area contributed by atoms with E-state index in [0.29, 0.717) is 11.1 Å². The Hall–Kier alpha value is -0.540. The van der Waals surface area contributed by atoms with Crippen LogP contribution < -0.4 is 0 Å². The first-order valence-corrected chi connectivity index (χ1v) is 6.84. The minimum absolute atomic E-state index is 0.459. The van der Waals surface area contributed by atoms with Crippen molar-refractivity contribution in [1.29, 1.82) is 0 Å². The van der Waals surface area contributed by atoms with Gasteiger partial charge in [0.1, 0.15) is 5.15 Å². The zero-order chi connectivity index (χ0) is 12.4. The van der Waals surface area contributed by atoms with Crippen molar-refractivity contribution in [1.82, 2.24) is 9.78 Å². The van der Waals surface area contributed by atoms with Crippen molar-refractivity contribution in [2.45, 2.75) is 51.6 Å². The van der Waals surface area contributed by atoms with Crippen LogP contribution in [0.15, 0.2) is 0 Å². The molecular formula is C13H21ClN2O. The topological polar surface area (TPSA) is 38.0 Å². The number of rotatable bonds is 3. The van der Waals surface area contributed by atoms with Gasteiger partial charge in [-0.15, -0.1) is 0 Å². The fourth-order valence-electron chi connectivity index (χ4n) is 2.88. The van der Waals surface area contributed by atoms with Crippen LogP contribution >= 0.6 is 11.6 Å². The van der Waals surface area contributed by atoms with E-state index in [1.165, 1.54) is 32.1 Å². The Morgan fingerprint density at radius 3 is 2.59 bits per heavy atom. The second-order valence-corrected chi connectivity index (χ2v) is 5.53. The lowest BCUT2D eigenvalue weighted by molar-refractivity contribution is 0.131. The van der Waals surface area contributed by atoms with Gasteiger partial charge in [-0.1, -0.05) is 43.7 Å². The molecule has 0 radical (unpaired) electrons. The minimum Gasteiger partial charge on any atom is -0.388 e. The van der Waals surface area contributed by atoms with E-state index in [-0.39, 0.29) is 0 Å². The molecule has 1 aliphatic carbocycles. The summed E-state index contributed by atoms with van der Waals surface area (Å²) in [4.78, 5) is 0. The normalized spacial score (nSPS) is 19.5. The van der Waals surface area contributed by atoms with Crippen LogP contribution in [0.4, 0.5) is 0 Å². The number of hydrogen-bond donors (Lipinski definition) is 1. The Morgan fingerprint density at radius 2 is 2.06 bits per heavy atom. The third kappa shape index (κ3) is 2.83. The molecule has 0 aromatic carbocycles. The predicted octanol–water partition coefficient (Wildman–Crippen LogP) is 3.39. The van der Waals surface area contributed by atoms with Gasteiger partial charge in [-0.25, -0.2) is 0 Å². The Morgan fingerprint density at radius 1 is 1.41 bits per heavy atom. The van der Waals surface area contributed by atoms with Gasteiger partial charge in [0.25, 0.3) is 0 Å². The smallest absolute Gasteiger partial charge is 0.132 e. The Kier molecular flexibility index (Phi) is 4.10.